The Hall–Kier alpha value is -3.59. The van der Waals surface area contributed by atoms with Crippen LogP contribution in [0.4, 0.5) is 11.5 Å². The van der Waals surface area contributed by atoms with Crippen LogP contribution in [0.25, 0.3) is 11.0 Å². The average molecular weight is 382 g/mol. The molecule has 4 N–H and O–H groups in total. The van der Waals surface area contributed by atoms with Crippen LogP contribution in [0.3, 0.4) is 0 Å². The van der Waals surface area contributed by atoms with E-state index in [0.29, 0.717) is 34.0 Å². The Labute approximate surface area is 160 Å². The van der Waals surface area contributed by atoms with Gasteiger partial charge in [-0.15, -0.1) is 0 Å². The van der Waals surface area contributed by atoms with Crippen LogP contribution in [0.2, 0.25) is 0 Å². The number of hydrogen-bond acceptors (Lipinski definition) is 8. The molecule has 28 heavy (non-hydrogen) atoms. The predicted octanol–water partition coefficient (Wildman–Crippen LogP) is 1.61. The number of nitrogens with zero attached hydrogens (tertiary/aromatic N) is 2. The summed E-state index contributed by atoms with van der Waals surface area (Å²) in [7, 11) is 1.52. The highest BCUT2D eigenvalue weighted by Gasteiger charge is 2.25. The Morgan fingerprint density at radius 3 is 2.75 bits per heavy atom. The zero-order valence-corrected chi connectivity index (χ0v) is 15.0. The van der Waals surface area contributed by atoms with Crippen molar-refractivity contribution in [3.8, 4) is 17.2 Å². The van der Waals surface area contributed by atoms with E-state index < -0.39 is 12.0 Å². The monoisotopic (exact) mass is 382 g/mol. The van der Waals surface area contributed by atoms with E-state index in [1.54, 1.807) is 30.3 Å². The molecule has 0 saturated carbocycles. The summed E-state index contributed by atoms with van der Waals surface area (Å²) < 4.78 is 16.8. The lowest BCUT2D eigenvalue weighted by Gasteiger charge is -2.27. The summed E-state index contributed by atoms with van der Waals surface area (Å²) in [5.41, 5.74) is 7.13. The highest BCUT2D eigenvalue weighted by molar-refractivity contribution is 5.98. The Kier molecular flexibility index (Phi) is 4.58. The summed E-state index contributed by atoms with van der Waals surface area (Å²) in [5, 5.41) is 12.4. The van der Waals surface area contributed by atoms with E-state index in [1.807, 2.05) is 6.07 Å². The lowest BCUT2D eigenvalue weighted by Crippen LogP contribution is -2.32. The molecule has 1 atom stereocenters. The molecule has 0 saturated heterocycles. The maximum absolute atomic E-state index is 11.9. The molecular weight excluding hydrogens is 364 g/mol. The van der Waals surface area contributed by atoms with Crippen LogP contribution in [0.15, 0.2) is 36.4 Å². The van der Waals surface area contributed by atoms with E-state index in [0.717, 1.165) is 0 Å². The maximum atomic E-state index is 11.9. The molecule has 0 bridgehead atoms. The van der Waals surface area contributed by atoms with E-state index in [2.05, 4.69) is 15.3 Å². The number of methoxy groups -OCH3 is 1. The van der Waals surface area contributed by atoms with Gasteiger partial charge in [-0.3, -0.25) is 4.79 Å². The van der Waals surface area contributed by atoms with Gasteiger partial charge in [0, 0.05) is 12.1 Å². The molecule has 1 amide bonds. The summed E-state index contributed by atoms with van der Waals surface area (Å²) in [6.45, 7) is -0.00201. The van der Waals surface area contributed by atoms with Crippen LogP contribution in [0.5, 0.6) is 17.2 Å². The lowest BCUT2D eigenvalue weighted by molar-refractivity contribution is 0.0459. The van der Waals surface area contributed by atoms with E-state index in [9.17, 15) is 9.90 Å². The van der Waals surface area contributed by atoms with Crippen LogP contribution in [-0.2, 0) is 0 Å². The van der Waals surface area contributed by atoms with E-state index >= 15 is 0 Å². The SMILES string of the molecule is COc1cc(Nc2nc3ccccc3nc2C(N)=O)c2c(c1)OC(CO)CO2. The number of aliphatic hydroxyl groups excluding tert-OH is 1. The molecule has 0 fully saturated rings. The highest BCUT2D eigenvalue weighted by atomic mass is 16.6. The van der Waals surface area contributed by atoms with Crippen molar-refractivity contribution in [2.75, 3.05) is 25.6 Å². The number of anilines is 2. The highest BCUT2D eigenvalue weighted by Crippen LogP contribution is 2.43. The molecule has 0 radical (unpaired) electrons. The number of nitrogens with two attached hydrogens (primary N) is 1. The number of primary amides is 1. The van der Waals surface area contributed by atoms with E-state index in [-0.39, 0.29) is 24.7 Å². The van der Waals surface area contributed by atoms with Gasteiger partial charge in [0.2, 0.25) is 0 Å². The number of aromatic nitrogens is 2. The van der Waals surface area contributed by atoms with Crippen molar-refractivity contribution in [3.05, 3.63) is 42.1 Å². The molecule has 9 nitrogen and oxygen atoms in total. The number of fused-ring (bicyclic) bond motifs is 2. The third kappa shape index (κ3) is 3.23. The van der Waals surface area contributed by atoms with E-state index in [4.69, 9.17) is 19.9 Å². The van der Waals surface area contributed by atoms with Crippen molar-refractivity contribution >= 4 is 28.4 Å². The van der Waals surface area contributed by atoms with Crippen molar-refractivity contribution in [1.82, 2.24) is 9.97 Å². The van der Waals surface area contributed by atoms with Crippen molar-refractivity contribution in [1.29, 1.82) is 0 Å². The second-order valence-electron chi connectivity index (χ2n) is 6.13. The Balaban J connectivity index is 1.81. The van der Waals surface area contributed by atoms with Gasteiger partial charge >= 0.3 is 0 Å². The van der Waals surface area contributed by atoms with Crippen molar-refractivity contribution < 1.29 is 24.1 Å². The largest absolute Gasteiger partial charge is 0.497 e. The molecule has 3 aromatic rings. The first-order chi connectivity index (χ1) is 13.6. The molecular formula is C19H18N4O5. The topological polar surface area (TPSA) is 129 Å². The molecule has 2 aromatic carbocycles. The second-order valence-corrected chi connectivity index (χ2v) is 6.13. The van der Waals surface area contributed by atoms with Crippen molar-refractivity contribution in [2.24, 2.45) is 5.73 Å². The minimum absolute atomic E-state index is 0.000215. The van der Waals surface area contributed by atoms with Gasteiger partial charge < -0.3 is 30.4 Å². The fraction of sp³-hybridized carbons (Fsp3) is 0.211. The normalized spacial score (nSPS) is 15.3. The molecule has 1 aliphatic rings. The Morgan fingerprint density at radius 2 is 2.07 bits per heavy atom. The van der Waals surface area contributed by atoms with Crippen molar-refractivity contribution in [2.45, 2.75) is 6.10 Å². The van der Waals surface area contributed by atoms with Crippen LogP contribution in [0, 0.1) is 0 Å². The zero-order chi connectivity index (χ0) is 19.7. The van der Waals surface area contributed by atoms with Gasteiger partial charge in [-0.25, -0.2) is 9.97 Å². The molecule has 9 heteroatoms. The fourth-order valence-corrected chi connectivity index (χ4v) is 2.89. The van der Waals surface area contributed by atoms with Gasteiger partial charge in [-0.05, 0) is 12.1 Å². The van der Waals surface area contributed by atoms with Gasteiger partial charge in [-0.1, -0.05) is 12.1 Å². The summed E-state index contributed by atoms with van der Waals surface area (Å²) in [5.74, 6) is 0.791. The summed E-state index contributed by atoms with van der Waals surface area (Å²) in [6, 6.07) is 10.5. The molecule has 144 valence electrons. The number of ether oxygens (including phenoxy) is 3. The number of nitrogens with one attached hydrogen (secondary N) is 1. The van der Waals surface area contributed by atoms with Gasteiger partial charge in [-0.2, -0.15) is 0 Å². The first-order valence-corrected chi connectivity index (χ1v) is 8.55. The lowest BCUT2D eigenvalue weighted by atomic mass is 10.2. The number of amides is 1. The number of rotatable bonds is 5. The van der Waals surface area contributed by atoms with Gasteiger partial charge in [0.15, 0.2) is 29.1 Å². The fourth-order valence-electron chi connectivity index (χ4n) is 2.89. The number of carbonyl (C=O) groups excluding carboxylic acids is 1. The minimum atomic E-state index is -0.713. The van der Waals surface area contributed by atoms with Crippen LogP contribution in [-0.4, -0.2) is 47.4 Å². The smallest absolute Gasteiger partial charge is 0.271 e. The van der Waals surface area contributed by atoms with Gasteiger partial charge in [0.25, 0.3) is 5.91 Å². The van der Waals surface area contributed by atoms with Crippen molar-refractivity contribution in [3.63, 3.8) is 0 Å². The third-order valence-electron chi connectivity index (χ3n) is 4.23. The molecule has 2 heterocycles. The summed E-state index contributed by atoms with van der Waals surface area (Å²) in [6.07, 6.45) is -0.478. The molecule has 1 aromatic heterocycles. The van der Waals surface area contributed by atoms with Crippen LogP contribution < -0.4 is 25.3 Å². The molecule has 0 aliphatic carbocycles. The number of aliphatic hydroxyl groups is 1. The second kappa shape index (κ2) is 7.20. The summed E-state index contributed by atoms with van der Waals surface area (Å²) in [4.78, 5) is 20.7. The molecule has 4 rings (SSSR count). The first kappa shape index (κ1) is 17.8. The predicted molar refractivity (Wildman–Crippen MR) is 101 cm³/mol. The average Bonchev–Trinajstić information content (AvgIpc) is 2.72. The Bertz CT molecular complexity index is 1060. The quantitative estimate of drug-likeness (QED) is 0.607. The first-order valence-electron chi connectivity index (χ1n) is 8.55. The number of carbonyl (C=O) groups is 1. The molecule has 0 spiro atoms. The number of hydrogen-bond donors (Lipinski definition) is 3. The molecule has 1 unspecified atom stereocenters. The number of para-hydroxylation sites is 2. The van der Waals surface area contributed by atoms with Crippen LogP contribution in [0.1, 0.15) is 10.5 Å². The van der Waals surface area contributed by atoms with E-state index in [1.165, 1.54) is 7.11 Å². The third-order valence-corrected chi connectivity index (χ3v) is 4.23. The van der Waals surface area contributed by atoms with Gasteiger partial charge in [0.05, 0.1) is 30.4 Å². The number of benzene rings is 2. The standard InChI is InChI=1S/C19H18N4O5/c1-26-10-6-14(17-15(7-10)28-11(8-24)9-27-17)23-19-16(18(20)25)21-12-4-2-3-5-13(12)22-19/h2-7,11,24H,8-9H2,1H3,(H2,20,25)(H,22,23). The Morgan fingerprint density at radius 1 is 1.32 bits per heavy atom. The maximum Gasteiger partial charge on any atom is 0.271 e. The molecule has 1 aliphatic heterocycles. The summed E-state index contributed by atoms with van der Waals surface area (Å²) >= 11 is 0. The minimum Gasteiger partial charge on any atom is -0.497 e. The zero-order valence-electron chi connectivity index (χ0n) is 15.0. The van der Waals surface area contributed by atoms with Crippen LogP contribution >= 0.6 is 0 Å². The van der Waals surface area contributed by atoms with Gasteiger partial charge in [0.1, 0.15) is 12.4 Å².